The number of rotatable bonds is 6. The number of nitrogens with zero attached hydrogens (tertiary/aromatic N) is 3. The van der Waals surface area contributed by atoms with Crippen LogP contribution in [0.4, 0.5) is 17.2 Å². The maximum atomic E-state index is 12.6. The average molecular weight is 469 g/mol. The van der Waals surface area contributed by atoms with E-state index in [4.69, 9.17) is 4.74 Å². The number of ether oxygens (including phenoxy) is 1. The van der Waals surface area contributed by atoms with Gasteiger partial charge < -0.3 is 15.0 Å². The summed E-state index contributed by atoms with van der Waals surface area (Å²) in [7, 11) is 0. The van der Waals surface area contributed by atoms with Crippen molar-refractivity contribution in [3.05, 3.63) is 90.8 Å². The van der Waals surface area contributed by atoms with E-state index in [1.54, 1.807) is 28.8 Å². The molecular formula is C27H24N4O2S. The van der Waals surface area contributed by atoms with Crippen molar-refractivity contribution < 1.29 is 9.53 Å². The van der Waals surface area contributed by atoms with Gasteiger partial charge in [0.15, 0.2) is 5.75 Å². The smallest absolute Gasteiger partial charge is 0.250 e. The van der Waals surface area contributed by atoms with Crippen molar-refractivity contribution in [3.63, 3.8) is 0 Å². The first kappa shape index (κ1) is 22.0. The first-order chi connectivity index (χ1) is 16.7. The highest BCUT2D eigenvalue weighted by molar-refractivity contribution is 7.98. The molecule has 1 N–H and O–H groups in total. The highest BCUT2D eigenvalue weighted by Crippen LogP contribution is 2.41. The van der Waals surface area contributed by atoms with Crippen LogP contribution in [0, 0.1) is 0 Å². The summed E-state index contributed by atoms with van der Waals surface area (Å²) < 4.78 is 6.03. The number of thioether (sulfide) groups is 1. The molecule has 7 heteroatoms. The largest absolute Gasteiger partial charge is 0.489 e. The first-order valence-corrected chi connectivity index (χ1v) is 12.1. The summed E-state index contributed by atoms with van der Waals surface area (Å²) in [5.41, 5.74) is 3.70. The third-order valence-corrected chi connectivity index (χ3v) is 6.61. The lowest BCUT2D eigenvalue weighted by atomic mass is 10.1. The molecule has 0 bridgehead atoms. The van der Waals surface area contributed by atoms with Crippen LogP contribution in [-0.4, -0.2) is 29.0 Å². The lowest BCUT2D eigenvalue weighted by Gasteiger charge is -2.29. The number of hydrogen-bond acceptors (Lipinski definition) is 6. The molecule has 3 aromatic carbocycles. The molecule has 0 fully saturated rings. The first-order valence-electron chi connectivity index (χ1n) is 11.1. The van der Waals surface area contributed by atoms with E-state index in [0.717, 1.165) is 28.0 Å². The van der Waals surface area contributed by atoms with E-state index in [1.165, 1.54) is 16.8 Å². The Morgan fingerprint density at radius 3 is 2.71 bits per heavy atom. The van der Waals surface area contributed by atoms with Crippen LogP contribution in [0.3, 0.4) is 0 Å². The Labute approximate surface area is 202 Å². The number of nitrogens with one attached hydrogen (secondary N) is 1. The fourth-order valence-corrected chi connectivity index (χ4v) is 4.75. The maximum absolute atomic E-state index is 12.6. The van der Waals surface area contributed by atoms with Crippen molar-refractivity contribution in [2.24, 2.45) is 0 Å². The van der Waals surface area contributed by atoms with E-state index < -0.39 is 0 Å². The van der Waals surface area contributed by atoms with Gasteiger partial charge in [-0.1, -0.05) is 36.4 Å². The van der Waals surface area contributed by atoms with Gasteiger partial charge in [0, 0.05) is 16.3 Å². The number of fused-ring (bicyclic) bond motifs is 3. The van der Waals surface area contributed by atoms with Crippen molar-refractivity contribution in [3.8, 4) is 5.75 Å². The zero-order valence-corrected chi connectivity index (χ0v) is 19.6. The molecule has 4 aromatic rings. The molecule has 0 saturated carbocycles. The van der Waals surface area contributed by atoms with Gasteiger partial charge in [-0.3, -0.25) is 4.79 Å². The molecule has 0 unspecified atom stereocenters. The molecule has 2 heterocycles. The number of anilines is 3. The van der Waals surface area contributed by atoms with Gasteiger partial charge in [-0.15, -0.1) is 11.8 Å². The van der Waals surface area contributed by atoms with E-state index >= 15 is 0 Å². The molecule has 1 aliphatic rings. The topological polar surface area (TPSA) is 67.4 Å². The Hall–Kier alpha value is -3.84. The zero-order valence-electron chi connectivity index (χ0n) is 18.8. The Balaban J connectivity index is 1.41. The molecule has 0 spiro atoms. The lowest BCUT2D eigenvalue weighted by Crippen LogP contribution is -2.37. The second-order valence-electron chi connectivity index (χ2n) is 7.79. The molecule has 0 aliphatic carbocycles. The minimum atomic E-state index is -0.0682. The number of carbonyl (C=O) groups excluding carboxylic acids is 1. The highest BCUT2D eigenvalue weighted by Gasteiger charge is 2.26. The van der Waals surface area contributed by atoms with E-state index in [0.29, 0.717) is 24.7 Å². The Kier molecular flexibility index (Phi) is 6.44. The van der Waals surface area contributed by atoms with Gasteiger partial charge in [-0.25, -0.2) is 9.97 Å². The Morgan fingerprint density at radius 2 is 1.91 bits per heavy atom. The fraction of sp³-hybridized carbons (Fsp3) is 0.148. The normalized spacial score (nSPS) is 13.0. The Bertz CT molecular complexity index is 1340. The van der Waals surface area contributed by atoms with Gasteiger partial charge in [0.25, 0.3) is 5.91 Å². The summed E-state index contributed by atoms with van der Waals surface area (Å²) >= 11 is 1.80. The fourth-order valence-electron chi connectivity index (χ4n) is 3.90. The molecule has 1 aliphatic heterocycles. The van der Waals surface area contributed by atoms with Crippen molar-refractivity contribution >= 4 is 45.8 Å². The van der Waals surface area contributed by atoms with Gasteiger partial charge in [-0.2, -0.15) is 0 Å². The minimum Gasteiger partial charge on any atom is -0.489 e. The predicted molar refractivity (Wildman–Crippen MR) is 138 cm³/mol. The SMILES string of the molecule is C/C=C/C(=O)N1CCOc2c1ccc1ncnc(Nc3ccc(SCc4ccccc4)cc3)c21. The van der Waals surface area contributed by atoms with E-state index in [-0.39, 0.29) is 5.91 Å². The van der Waals surface area contributed by atoms with Crippen molar-refractivity contribution in [1.82, 2.24) is 9.97 Å². The number of benzene rings is 3. The lowest BCUT2D eigenvalue weighted by molar-refractivity contribution is -0.114. The minimum absolute atomic E-state index is 0.0682. The Morgan fingerprint density at radius 1 is 1.09 bits per heavy atom. The highest BCUT2D eigenvalue weighted by atomic mass is 32.2. The van der Waals surface area contributed by atoms with Crippen LogP contribution in [0.1, 0.15) is 12.5 Å². The van der Waals surface area contributed by atoms with Crippen LogP contribution in [0.15, 0.2) is 90.1 Å². The van der Waals surface area contributed by atoms with E-state index in [1.807, 2.05) is 37.3 Å². The quantitative estimate of drug-likeness (QED) is 0.278. The second kappa shape index (κ2) is 9.97. The van der Waals surface area contributed by atoms with Gasteiger partial charge in [-0.05, 0) is 55.0 Å². The summed E-state index contributed by atoms with van der Waals surface area (Å²) in [6, 6.07) is 22.5. The van der Waals surface area contributed by atoms with Gasteiger partial charge in [0.2, 0.25) is 0 Å². The van der Waals surface area contributed by atoms with Crippen LogP contribution in [-0.2, 0) is 10.5 Å². The monoisotopic (exact) mass is 468 g/mol. The molecule has 1 aromatic heterocycles. The number of hydrogen-bond donors (Lipinski definition) is 1. The molecular weight excluding hydrogens is 444 g/mol. The summed E-state index contributed by atoms with van der Waals surface area (Å²) in [6.45, 7) is 2.75. The van der Waals surface area contributed by atoms with Gasteiger partial charge in [0.1, 0.15) is 18.8 Å². The molecule has 6 nitrogen and oxygen atoms in total. The summed E-state index contributed by atoms with van der Waals surface area (Å²) in [6.07, 6.45) is 4.85. The van der Waals surface area contributed by atoms with Crippen molar-refractivity contribution in [2.75, 3.05) is 23.4 Å². The van der Waals surface area contributed by atoms with E-state index in [2.05, 4.69) is 51.7 Å². The molecule has 5 rings (SSSR count). The van der Waals surface area contributed by atoms with Crippen molar-refractivity contribution in [2.45, 2.75) is 17.6 Å². The molecule has 0 radical (unpaired) electrons. The van der Waals surface area contributed by atoms with Crippen LogP contribution < -0.4 is 15.0 Å². The number of aromatic nitrogens is 2. The number of allylic oxidation sites excluding steroid dienone is 1. The second-order valence-corrected chi connectivity index (χ2v) is 8.84. The number of amides is 1. The van der Waals surface area contributed by atoms with Gasteiger partial charge >= 0.3 is 0 Å². The maximum Gasteiger partial charge on any atom is 0.250 e. The van der Waals surface area contributed by atoms with Gasteiger partial charge in [0.05, 0.1) is 23.1 Å². The van der Waals surface area contributed by atoms with E-state index in [9.17, 15) is 4.79 Å². The summed E-state index contributed by atoms with van der Waals surface area (Å²) in [5, 5.41) is 4.17. The predicted octanol–water partition coefficient (Wildman–Crippen LogP) is 5.97. The molecule has 170 valence electrons. The van der Waals surface area contributed by atoms with Crippen LogP contribution in [0.25, 0.3) is 10.9 Å². The standard InChI is InChI=1S/C27H24N4O2S/c1-2-6-24(32)31-15-16-33-26-23(31)14-13-22-25(26)27(29-18-28-22)30-20-9-11-21(12-10-20)34-17-19-7-4-3-5-8-19/h2-14,18H,15-17H2,1H3,(H,28,29,30)/b6-2+. The zero-order chi connectivity index (χ0) is 23.3. The molecule has 0 saturated heterocycles. The molecule has 0 atom stereocenters. The van der Waals surface area contributed by atoms with Crippen LogP contribution in [0.2, 0.25) is 0 Å². The summed E-state index contributed by atoms with van der Waals surface area (Å²) in [4.78, 5) is 24.4. The third-order valence-electron chi connectivity index (χ3n) is 5.53. The molecule has 1 amide bonds. The molecule has 34 heavy (non-hydrogen) atoms. The third kappa shape index (κ3) is 4.61. The van der Waals surface area contributed by atoms with Crippen molar-refractivity contribution in [1.29, 1.82) is 0 Å². The number of carbonyl (C=O) groups is 1. The van der Waals surface area contributed by atoms with Crippen LogP contribution in [0.5, 0.6) is 5.75 Å². The van der Waals surface area contributed by atoms with Crippen LogP contribution >= 0.6 is 11.8 Å². The average Bonchev–Trinajstić information content (AvgIpc) is 2.88. The summed E-state index contributed by atoms with van der Waals surface area (Å²) in [5.74, 6) is 2.13.